The molecule has 0 radical (unpaired) electrons. The van der Waals surface area contributed by atoms with Gasteiger partial charge in [-0.2, -0.15) is 0 Å². The molecule has 19 heavy (non-hydrogen) atoms. The molecule has 1 aromatic carbocycles. The molecule has 1 amide bonds. The maximum absolute atomic E-state index is 12.4. The normalized spacial score (nSPS) is 20.7. The van der Waals surface area contributed by atoms with Gasteiger partial charge < -0.3 is 14.2 Å². The van der Waals surface area contributed by atoms with E-state index >= 15 is 0 Å². The maximum atomic E-state index is 12.4. The molecular formula is C13H13NO5. The fourth-order valence-electron chi connectivity index (χ4n) is 2.53. The number of ether oxygens (including phenoxy) is 3. The van der Waals surface area contributed by atoms with Crippen molar-refractivity contribution < 1.29 is 23.8 Å². The Balaban J connectivity index is 2.15. The van der Waals surface area contributed by atoms with Gasteiger partial charge in [-0.3, -0.25) is 14.5 Å². The van der Waals surface area contributed by atoms with Crippen LogP contribution < -0.4 is 9.47 Å². The van der Waals surface area contributed by atoms with Gasteiger partial charge in [0.15, 0.2) is 11.5 Å². The van der Waals surface area contributed by atoms with Crippen LogP contribution >= 0.6 is 0 Å². The van der Waals surface area contributed by atoms with Crippen molar-refractivity contribution in [3.63, 3.8) is 0 Å². The van der Waals surface area contributed by atoms with Crippen molar-refractivity contribution in [3.05, 3.63) is 23.3 Å². The first-order chi connectivity index (χ1) is 9.17. The lowest BCUT2D eigenvalue weighted by Crippen LogP contribution is -2.37. The molecule has 0 N–H and O–H groups in total. The van der Waals surface area contributed by atoms with E-state index in [2.05, 4.69) is 0 Å². The number of amides is 1. The predicted molar refractivity (Wildman–Crippen MR) is 64.0 cm³/mol. The average molecular weight is 263 g/mol. The number of esters is 1. The fourth-order valence-corrected chi connectivity index (χ4v) is 2.53. The van der Waals surface area contributed by atoms with E-state index in [1.807, 2.05) is 0 Å². The Morgan fingerprint density at radius 2 is 2.05 bits per heavy atom. The molecule has 0 unspecified atom stereocenters. The molecule has 0 saturated carbocycles. The first kappa shape index (κ1) is 11.8. The first-order valence-electron chi connectivity index (χ1n) is 5.92. The monoisotopic (exact) mass is 263 g/mol. The van der Waals surface area contributed by atoms with Gasteiger partial charge >= 0.3 is 5.97 Å². The van der Waals surface area contributed by atoms with Crippen LogP contribution in [0.3, 0.4) is 0 Å². The minimum atomic E-state index is -0.636. The number of carbonyl (C=O) groups is 2. The van der Waals surface area contributed by atoms with E-state index in [1.54, 1.807) is 12.1 Å². The third-order valence-electron chi connectivity index (χ3n) is 3.40. The van der Waals surface area contributed by atoms with Crippen LogP contribution in [0.4, 0.5) is 0 Å². The minimum Gasteiger partial charge on any atom is -0.493 e. The summed E-state index contributed by atoms with van der Waals surface area (Å²) >= 11 is 0. The van der Waals surface area contributed by atoms with Crippen LogP contribution in [0.25, 0.3) is 0 Å². The SMILES string of the molecule is COc1ccc2c(c1OC)C(=O)N1CCC(=O)O[C@H]21. The highest BCUT2D eigenvalue weighted by Gasteiger charge is 2.44. The van der Waals surface area contributed by atoms with Crippen molar-refractivity contribution in [3.8, 4) is 11.5 Å². The molecule has 6 heteroatoms. The Hall–Kier alpha value is -2.24. The number of hydrogen-bond acceptors (Lipinski definition) is 5. The van der Waals surface area contributed by atoms with Gasteiger partial charge in [0.2, 0.25) is 6.23 Å². The molecule has 100 valence electrons. The molecule has 0 spiro atoms. The van der Waals surface area contributed by atoms with Crippen LogP contribution in [0.1, 0.15) is 28.6 Å². The van der Waals surface area contributed by atoms with Crippen molar-refractivity contribution in [2.75, 3.05) is 20.8 Å². The second kappa shape index (κ2) is 4.15. The molecule has 0 bridgehead atoms. The zero-order valence-corrected chi connectivity index (χ0v) is 10.6. The Kier molecular flexibility index (Phi) is 2.58. The van der Waals surface area contributed by atoms with Crippen molar-refractivity contribution >= 4 is 11.9 Å². The molecule has 0 aliphatic carbocycles. The standard InChI is InChI=1S/C13H13NO5/c1-17-8-4-3-7-10(11(8)18-2)12(16)14-6-5-9(15)19-13(7)14/h3-4,13H,5-6H2,1-2H3/t13-/m1/s1. The number of nitrogens with zero attached hydrogens (tertiary/aromatic N) is 1. The van der Waals surface area contributed by atoms with E-state index in [4.69, 9.17) is 14.2 Å². The maximum Gasteiger partial charge on any atom is 0.309 e. The quantitative estimate of drug-likeness (QED) is 0.748. The van der Waals surface area contributed by atoms with E-state index in [-0.39, 0.29) is 18.3 Å². The third kappa shape index (κ3) is 1.56. The minimum absolute atomic E-state index is 0.191. The highest BCUT2D eigenvalue weighted by molar-refractivity contribution is 6.03. The molecule has 6 nitrogen and oxygen atoms in total. The molecule has 1 atom stereocenters. The predicted octanol–water partition coefficient (Wildman–Crippen LogP) is 1.11. The Morgan fingerprint density at radius 3 is 2.74 bits per heavy atom. The van der Waals surface area contributed by atoms with Gasteiger partial charge in [-0.15, -0.1) is 0 Å². The van der Waals surface area contributed by atoms with Gasteiger partial charge in [0, 0.05) is 12.1 Å². The average Bonchev–Trinajstić information content (AvgIpc) is 2.71. The summed E-state index contributed by atoms with van der Waals surface area (Å²) in [4.78, 5) is 25.3. The molecule has 1 aromatic rings. The lowest BCUT2D eigenvalue weighted by atomic mass is 10.1. The van der Waals surface area contributed by atoms with Crippen LogP contribution in [-0.4, -0.2) is 37.5 Å². The summed E-state index contributed by atoms with van der Waals surface area (Å²) < 4.78 is 15.7. The van der Waals surface area contributed by atoms with Crippen molar-refractivity contribution in [2.24, 2.45) is 0 Å². The summed E-state index contributed by atoms with van der Waals surface area (Å²) in [6, 6.07) is 3.44. The van der Waals surface area contributed by atoms with Gasteiger partial charge in [0.25, 0.3) is 5.91 Å². The second-order valence-electron chi connectivity index (χ2n) is 4.36. The summed E-state index contributed by atoms with van der Waals surface area (Å²) in [5, 5.41) is 0. The van der Waals surface area contributed by atoms with Crippen LogP contribution in [0.15, 0.2) is 12.1 Å². The molecule has 2 aliphatic heterocycles. The fraction of sp³-hybridized carbons (Fsp3) is 0.385. The van der Waals surface area contributed by atoms with Gasteiger partial charge in [0.1, 0.15) is 0 Å². The van der Waals surface area contributed by atoms with Crippen molar-refractivity contribution in [2.45, 2.75) is 12.6 Å². The van der Waals surface area contributed by atoms with Crippen LogP contribution in [-0.2, 0) is 9.53 Å². The molecule has 2 aliphatic rings. The Morgan fingerprint density at radius 1 is 1.26 bits per heavy atom. The molecular weight excluding hydrogens is 250 g/mol. The molecule has 0 aromatic heterocycles. The zero-order valence-electron chi connectivity index (χ0n) is 10.6. The Bertz CT molecular complexity index is 568. The van der Waals surface area contributed by atoms with Crippen LogP contribution in [0.5, 0.6) is 11.5 Å². The van der Waals surface area contributed by atoms with E-state index in [1.165, 1.54) is 19.1 Å². The number of methoxy groups -OCH3 is 2. The second-order valence-corrected chi connectivity index (χ2v) is 4.36. The van der Waals surface area contributed by atoms with E-state index in [0.29, 0.717) is 29.2 Å². The molecule has 1 fully saturated rings. The van der Waals surface area contributed by atoms with Crippen LogP contribution in [0, 0.1) is 0 Å². The number of hydrogen-bond donors (Lipinski definition) is 0. The van der Waals surface area contributed by atoms with Crippen LogP contribution in [0.2, 0.25) is 0 Å². The molecule has 3 rings (SSSR count). The largest absolute Gasteiger partial charge is 0.493 e. The number of benzene rings is 1. The Labute approximate surface area is 109 Å². The molecule has 2 heterocycles. The highest BCUT2D eigenvalue weighted by atomic mass is 16.6. The van der Waals surface area contributed by atoms with Crippen molar-refractivity contribution in [1.82, 2.24) is 4.90 Å². The topological polar surface area (TPSA) is 65.1 Å². The van der Waals surface area contributed by atoms with Crippen molar-refractivity contribution in [1.29, 1.82) is 0 Å². The highest BCUT2D eigenvalue weighted by Crippen LogP contribution is 2.44. The lowest BCUT2D eigenvalue weighted by Gasteiger charge is -2.29. The smallest absolute Gasteiger partial charge is 0.309 e. The summed E-state index contributed by atoms with van der Waals surface area (Å²) in [5.41, 5.74) is 1.07. The lowest BCUT2D eigenvalue weighted by molar-refractivity contribution is -0.164. The summed E-state index contributed by atoms with van der Waals surface area (Å²) in [5.74, 6) is 0.385. The summed E-state index contributed by atoms with van der Waals surface area (Å²) in [6.07, 6.45) is -0.418. The van der Waals surface area contributed by atoms with Gasteiger partial charge in [-0.1, -0.05) is 0 Å². The number of carbonyl (C=O) groups excluding carboxylic acids is 2. The summed E-state index contributed by atoms with van der Waals surface area (Å²) in [6.45, 7) is 0.364. The first-order valence-corrected chi connectivity index (χ1v) is 5.92. The zero-order chi connectivity index (χ0) is 13.6. The van der Waals surface area contributed by atoms with E-state index < -0.39 is 6.23 Å². The molecule has 1 saturated heterocycles. The third-order valence-corrected chi connectivity index (χ3v) is 3.40. The number of rotatable bonds is 2. The van der Waals surface area contributed by atoms with Gasteiger partial charge in [-0.05, 0) is 12.1 Å². The van der Waals surface area contributed by atoms with Gasteiger partial charge in [0.05, 0.1) is 26.2 Å². The van der Waals surface area contributed by atoms with E-state index in [9.17, 15) is 9.59 Å². The van der Waals surface area contributed by atoms with Gasteiger partial charge in [-0.25, -0.2) is 0 Å². The summed E-state index contributed by atoms with van der Waals surface area (Å²) in [7, 11) is 2.99. The van der Waals surface area contributed by atoms with E-state index in [0.717, 1.165) is 0 Å². The number of fused-ring (bicyclic) bond motifs is 3.